The zero-order valence-electron chi connectivity index (χ0n) is 18.8. The molecule has 2 aliphatic carbocycles. The van der Waals surface area contributed by atoms with Crippen molar-refractivity contribution in [3.05, 3.63) is 96.1 Å². The van der Waals surface area contributed by atoms with Crippen LogP contribution in [0, 0.1) is 16.4 Å². The molecule has 2 atom stereocenters. The van der Waals surface area contributed by atoms with Crippen molar-refractivity contribution >= 4 is 52.3 Å². The van der Waals surface area contributed by atoms with Gasteiger partial charge in [-0.1, -0.05) is 60.5 Å². The Morgan fingerprint density at radius 1 is 1.00 bits per heavy atom. The molecule has 0 radical (unpaired) electrons. The van der Waals surface area contributed by atoms with Gasteiger partial charge >= 0.3 is 5.97 Å². The lowest BCUT2D eigenvalue weighted by molar-refractivity contribution is -0.140. The first-order chi connectivity index (χ1) is 16.3. The highest BCUT2D eigenvalue weighted by molar-refractivity contribution is 6.38. The fourth-order valence-corrected chi connectivity index (χ4v) is 5.77. The fourth-order valence-electron chi connectivity index (χ4n) is 5.26. The quantitative estimate of drug-likeness (QED) is 0.332. The molecule has 0 fully saturated rings. The monoisotopic (exact) mass is 491 g/mol. The third-order valence-electron chi connectivity index (χ3n) is 6.89. The van der Waals surface area contributed by atoms with Gasteiger partial charge in [0, 0.05) is 21.8 Å². The Balaban J connectivity index is 1.88. The average molecular weight is 492 g/mol. The van der Waals surface area contributed by atoms with Crippen LogP contribution >= 0.6 is 23.2 Å². The first kappa shape index (κ1) is 22.7. The summed E-state index contributed by atoms with van der Waals surface area (Å²) in [5, 5.41) is 4.52. The number of hydrogen-bond donors (Lipinski definition) is 1. The molecule has 0 heterocycles. The van der Waals surface area contributed by atoms with Crippen molar-refractivity contribution in [2.75, 3.05) is 12.8 Å². The van der Waals surface area contributed by atoms with Crippen LogP contribution in [0.1, 0.15) is 40.7 Å². The number of nitrogen functional groups attached to an aromatic ring is 1. The molecule has 2 N–H and O–H groups in total. The molecule has 34 heavy (non-hydrogen) atoms. The number of rotatable bonds is 3. The molecule has 4 nitrogen and oxygen atoms in total. The molecule has 5 rings (SSSR count). The molecule has 0 saturated carbocycles. The minimum absolute atomic E-state index is 0.0394. The predicted molar refractivity (Wildman–Crippen MR) is 135 cm³/mol. The number of Topliss-reactive ketones (excluding diaryl/α,β-unsaturated/α-hetero) is 1. The van der Waals surface area contributed by atoms with Crippen molar-refractivity contribution in [3.8, 4) is 0 Å². The van der Waals surface area contributed by atoms with Gasteiger partial charge in [-0.25, -0.2) is 0 Å². The number of fused-ring (bicyclic) bond motifs is 4. The number of hydrogen-bond acceptors (Lipinski definition) is 4. The van der Waals surface area contributed by atoms with E-state index in [9.17, 15) is 9.59 Å². The van der Waals surface area contributed by atoms with Crippen LogP contribution in [0.2, 0.25) is 10.0 Å². The van der Waals surface area contributed by atoms with Crippen LogP contribution < -0.4 is 16.2 Å². The summed E-state index contributed by atoms with van der Waals surface area (Å²) in [6.07, 6.45) is 3.42. The van der Waals surface area contributed by atoms with Gasteiger partial charge in [-0.15, -0.1) is 0 Å². The van der Waals surface area contributed by atoms with Crippen molar-refractivity contribution in [2.24, 2.45) is 5.92 Å². The van der Waals surface area contributed by atoms with Crippen molar-refractivity contribution < 1.29 is 14.3 Å². The van der Waals surface area contributed by atoms with Gasteiger partial charge in [0.2, 0.25) is 0 Å². The number of carbonyl (C=O) groups excluding carboxylic acids is 2. The molecule has 0 aliphatic heterocycles. The fraction of sp³-hybridized carbons (Fsp3) is 0.214. The van der Waals surface area contributed by atoms with Gasteiger partial charge < -0.3 is 10.5 Å². The maximum Gasteiger partial charge on any atom is 0.317 e. The number of carbonyl (C=O) groups is 2. The van der Waals surface area contributed by atoms with Gasteiger partial charge in [-0.3, -0.25) is 9.59 Å². The lowest BCUT2D eigenvalue weighted by Gasteiger charge is -2.27. The van der Waals surface area contributed by atoms with Gasteiger partial charge in [0.25, 0.3) is 0 Å². The van der Waals surface area contributed by atoms with E-state index in [4.69, 9.17) is 33.7 Å². The third-order valence-corrected chi connectivity index (χ3v) is 7.53. The van der Waals surface area contributed by atoms with E-state index in [1.165, 1.54) is 7.11 Å². The topological polar surface area (TPSA) is 69.4 Å². The Morgan fingerprint density at radius 3 is 2.50 bits per heavy atom. The summed E-state index contributed by atoms with van der Waals surface area (Å²) in [4.78, 5) is 26.6. The molecule has 0 saturated heterocycles. The molecular weight excluding hydrogens is 469 g/mol. The van der Waals surface area contributed by atoms with Gasteiger partial charge in [-0.2, -0.15) is 0 Å². The second-order valence-electron chi connectivity index (χ2n) is 8.84. The van der Waals surface area contributed by atoms with Crippen LogP contribution in [0.5, 0.6) is 0 Å². The molecule has 0 amide bonds. The van der Waals surface area contributed by atoms with Gasteiger partial charge in [0.05, 0.1) is 12.1 Å². The highest BCUT2D eigenvalue weighted by atomic mass is 35.5. The molecule has 0 aromatic heterocycles. The standard InChI is InChI=1S/C28H23Cl2NO3/c1-14-6-8-19-18(25(14)27(32)20-9-7-15(31)12-24(20)30)11-10-17-16-4-3-5-23(29)21(16)13-22(26(17)19)28(33)34-2/h3-5,7,9-14,22H,6,8,31H2,1-2H3. The summed E-state index contributed by atoms with van der Waals surface area (Å²) >= 11 is 12.9. The van der Waals surface area contributed by atoms with Crippen LogP contribution in [0.4, 0.5) is 5.69 Å². The lowest BCUT2D eigenvalue weighted by Crippen LogP contribution is -2.32. The number of benzene rings is 3. The number of halogens is 2. The molecule has 3 aromatic carbocycles. The van der Waals surface area contributed by atoms with E-state index in [0.29, 0.717) is 26.9 Å². The number of nitrogens with two attached hydrogens (primary N) is 1. The lowest BCUT2D eigenvalue weighted by atomic mass is 9.76. The van der Waals surface area contributed by atoms with Gasteiger partial charge in [0.1, 0.15) is 5.92 Å². The van der Waals surface area contributed by atoms with Crippen LogP contribution in [0.3, 0.4) is 0 Å². The summed E-state index contributed by atoms with van der Waals surface area (Å²) in [5.74, 6) is -1.03. The summed E-state index contributed by atoms with van der Waals surface area (Å²) in [6, 6.07) is 14.7. The van der Waals surface area contributed by atoms with Gasteiger partial charge in [0.15, 0.2) is 5.78 Å². The van der Waals surface area contributed by atoms with Crippen molar-refractivity contribution in [3.63, 3.8) is 0 Å². The minimum Gasteiger partial charge on any atom is -0.468 e. The second kappa shape index (κ2) is 8.61. The van der Waals surface area contributed by atoms with E-state index >= 15 is 0 Å². The largest absolute Gasteiger partial charge is 0.468 e. The molecule has 3 aromatic rings. The third kappa shape index (κ3) is 3.53. The van der Waals surface area contributed by atoms with Crippen LogP contribution in [-0.2, 0) is 16.0 Å². The highest BCUT2D eigenvalue weighted by Crippen LogP contribution is 2.33. The number of ether oxygens (including phenoxy) is 1. The van der Waals surface area contributed by atoms with E-state index in [1.54, 1.807) is 18.2 Å². The van der Waals surface area contributed by atoms with Crippen molar-refractivity contribution in [1.82, 2.24) is 0 Å². The number of methoxy groups -OCH3 is 1. The Bertz CT molecular complexity index is 1590. The van der Waals surface area contributed by atoms with E-state index in [1.807, 2.05) is 36.4 Å². The first-order valence-electron chi connectivity index (χ1n) is 11.2. The predicted octanol–water partition coefficient (Wildman–Crippen LogP) is 4.53. The Morgan fingerprint density at radius 2 is 1.76 bits per heavy atom. The van der Waals surface area contributed by atoms with Crippen LogP contribution in [0.15, 0.2) is 48.5 Å². The normalized spacial score (nSPS) is 18.3. The molecule has 172 valence electrons. The summed E-state index contributed by atoms with van der Waals surface area (Å²) in [6.45, 7) is 2.06. The first-order valence-corrected chi connectivity index (χ1v) is 11.9. The van der Waals surface area contributed by atoms with E-state index in [-0.39, 0.29) is 17.7 Å². The number of anilines is 1. The Kier molecular flexibility index (Phi) is 5.75. The average Bonchev–Trinajstić information content (AvgIpc) is 2.82. The van der Waals surface area contributed by atoms with E-state index in [0.717, 1.165) is 44.8 Å². The molecule has 2 aliphatic rings. The van der Waals surface area contributed by atoms with Gasteiger partial charge in [-0.05, 0) is 75.0 Å². The molecule has 2 unspecified atom stereocenters. The zero-order chi connectivity index (χ0) is 24.1. The molecule has 6 heteroatoms. The van der Waals surface area contributed by atoms with Crippen molar-refractivity contribution in [2.45, 2.75) is 25.7 Å². The summed E-state index contributed by atoms with van der Waals surface area (Å²) < 4.78 is 5.17. The molecule has 0 bridgehead atoms. The summed E-state index contributed by atoms with van der Waals surface area (Å²) in [5.41, 5.74) is 9.36. The Hall–Kier alpha value is -3.08. The molecular formula is C28H23Cl2NO3. The minimum atomic E-state index is -0.604. The molecule has 0 spiro atoms. The Labute approximate surface area is 206 Å². The van der Waals surface area contributed by atoms with Crippen molar-refractivity contribution in [1.29, 1.82) is 0 Å². The maximum absolute atomic E-state index is 13.7. The van der Waals surface area contributed by atoms with Crippen LogP contribution in [0.25, 0.3) is 11.6 Å². The van der Waals surface area contributed by atoms with Crippen LogP contribution in [-0.4, -0.2) is 18.9 Å². The number of esters is 1. The number of ketones is 1. The zero-order valence-corrected chi connectivity index (χ0v) is 20.3. The summed E-state index contributed by atoms with van der Waals surface area (Å²) in [7, 11) is 1.39. The highest BCUT2D eigenvalue weighted by Gasteiger charge is 2.31. The maximum atomic E-state index is 13.7. The van der Waals surface area contributed by atoms with E-state index in [2.05, 4.69) is 6.92 Å². The van der Waals surface area contributed by atoms with E-state index < -0.39 is 5.92 Å². The second-order valence-corrected chi connectivity index (χ2v) is 9.66. The SMILES string of the molecule is COC(=O)C1C=c2c(Cl)cccc2=c2ccc3c(c21)CCC(C)C=3C(=O)c1ccc(N)cc1Cl. The smallest absolute Gasteiger partial charge is 0.317 e.